The number of rotatable bonds is 7. The van der Waals surface area contributed by atoms with Gasteiger partial charge in [0.15, 0.2) is 0 Å². The molecule has 26 heavy (non-hydrogen) atoms. The van der Waals surface area contributed by atoms with Gasteiger partial charge in [-0.2, -0.15) is 0 Å². The highest BCUT2D eigenvalue weighted by molar-refractivity contribution is 5.89. The van der Waals surface area contributed by atoms with Crippen LogP contribution in [0, 0.1) is 5.82 Å². The zero-order chi connectivity index (χ0) is 18.7. The lowest BCUT2D eigenvalue weighted by molar-refractivity contribution is -0.140. The zero-order valence-electron chi connectivity index (χ0n) is 15.2. The van der Waals surface area contributed by atoms with E-state index < -0.39 is 11.4 Å². The summed E-state index contributed by atoms with van der Waals surface area (Å²) in [6, 6.07) is 6.69. The molecule has 0 atom stereocenters. The van der Waals surface area contributed by atoms with Gasteiger partial charge in [-0.25, -0.2) is 4.39 Å². The SMILES string of the molecule is CCN(CC(=O)O)C1CC(NC(=O)C2(c3cccc(F)c3)CCCC2)C1. The molecule has 0 spiro atoms. The number of amides is 1. The van der Waals surface area contributed by atoms with E-state index >= 15 is 0 Å². The average molecular weight is 362 g/mol. The van der Waals surface area contributed by atoms with E-state index in [4.69, 9.17) is 5.11 Å². The standard InChI is InChI=1S/C20H27FN2O3/c1-2-23(13-18(24)25)17-11-16(12-17)22-19(26)20(8-3-4-9-20)14-6-5-7-15(21)10-14/h5-7,10,16-17H,2-4,8-9,11-13H2,1H3,(H,22,26)(H,24,25). The van der Waals surface area contributed by atoms with Crippen molar-refractivity contribution in [2.75, 3.05) is 13.1 Å². The first-order valence-corrected chi connectivity index (χ1v) is 9.47. The number of hydrogen-bond acceptors (Lipinski definition) is 3. The predicted octanol–water partition coefficient (Wildman–Crippen LogP) is 2.69. The molecule has 0 aromatic heterocycles. The molecule has 0 bridgehead atoms. The zero-order valence-corrected chi connectivity index (χ0v) is 15.2. The summed E-state index contributed by atoms with van der Waals surface area (Å²) < 4.78 is 13.7. The molecule has 0 heterocycles. The van der Waals surface area contributed by atoms with Crippen LogP contribution >= 0.6 is 0 Å². The minimum Gasteiger partial charge on any atom is -0.480 e. The molecule has 2 aliphatic carbocycles. The van der Waals surface area contributed by atoms with Crippen LogP contribution in [0.2, 0.25) is 0 Å². The normalized spacial score (nSPS) is 24.3. The van der Waals surface area contributed by atoms with Gasteiger partial charge >= 0.3 is 5.97 Å². The Kier molecular flexibility index (Phi) is 5.61. The third kappa shape index (κ3) is 3.75. The lowest BCUT2D eigenvalue weighted by Gasteiger charge is -2.43. The Morgan fingerprint density at radius 2 is 2.00 bits per heavy atom. The topological polar surface area (TPSA) is 69.6 Å². The maximum atomic E-state index is 13.7. The lowest BCUT2D eigenvalue weighted by atomic mass is 9.76. The smallest absolute Gasteiger partial charge is 0.317 e. The van der Waals surface area contributed by atoms with E-state index in [-0.39, 0.29) is 30.4 Å². The van der Waals surface area contributed by atoms with Crippen LogP contribution in [-0.2, 0) is 15.0 Å². The van der Waals surface area contributed by atoms with Gasteiger partial charge in [-0.1, -0.05) is 31.9 Å². The molecule has 3 rings (SSSR count). The summed E-state index contributed by atoms with van der Waals surface area (Å²) in [6.07, 6.45) is 4.98. The van der Waals surface area contributed by atoms with Gasteiger partial charge in [-0.15, -0.1) is 0 Å². The third-order valence-corrected chi connectivity index (χ3v) is 5.98. The van der Waals surface area contributed by atoms with Crippen LogP contribution in [0.15, 0.2) is 24.3 Å². The van der Waals surface area contributed by atoms with Crippen molar-refractivity contribution in [1.82, 2.24) is 10.2 Å². The summed E-state index contributed by atoms with van der Waals surface area (Å²) in [7, 11) is 0. The van der Waals surface area contributed by atoms with Crippen LogP contribution in [0.4, 0.5) is 4.39 Å². The van der Waals surface area contributed by atoms with Gasteiger partial charge in [0.1, 0.15) is 5.82 Å². The van der Waals surface area contributed by atoms with Gasteiger partial charge < -0.3 is 10.4 Å². The first-order chi connectivity index (χ1) is 12.4. The number of carboxylic acid groups (broad SMARTS) is 1. The fourth-order valence-corrected chi connectivity index (χ4v) is 4.41. The van der Waals surface area contributed by atoms with Crippen molar-refractivity contribution in [3.8, 4) is 0 Å². The highest BCUT2D eigenvalue weighted by Gasteiger charge is 2.45. The van der Waals surface area contributed by atoms with Crippen LogP contribution in [0.25, 0.3) is 0 Å². The molecule has 6 heteroatoms. The molecule has 2 saturated carbocycles. The van der Waals surface area contributed by atoms with Crippen LogP contribution in [0.3, 0.4) is 0 Å². The number of carboxylic acids is 1. The monoisotopic (exact) mass is 362 g/mol. The Morgan fingerprint density at radius 3 is 2.58 bits per heavy atom. The molecule has 0 unspecified atom stereocenters. The summed E-state index contributed by atoms with van der Waals surface area (Å²) >= 11 is 0. The molecule has 142 valence electrons. The minimum atomic E-state index is -0.824. The van der Waals surface area contributed by atoms with Crippen molar-refractivity contribution < 1.29 is 19.1 Å². The summed E-state index contributed by atoms with van der Waals surface area (Å²) in [4.78, 5) is 25.9. The number of aliphatic carboxylic acids is 1. The predicted molar refractivity (Wildman–Crippen MR) is 96.4 cm³/mol. The summed E-state index contributed by atoms with van der Waals surface area (Å²) in [5.74, 6) is -1.14. The lowest BCUT2D eigenvalue weighted by Crippen LogP contribution is -2.57. The Labute approximate surface area is 153 Å². The molecular weight excluding hydrogens is 335 g/mol. The van der Waals surface area contributed by atoms with Crippen molar-refractivity contribution in [3.05, 3.63) is 35.6 Å². The summed E-state index contributed by atoms with van der Waals surface area (Å²) in [6.45, 7) is 2.67. The second kappa shape index (κ2) is 7.74. The van der Waals surface area contributed by atoms with Crippen LogP contribution < -0.4 is 5.32 Å². The molecule has 1 amide bonds. The van der Waals surface area contributed by atoms with E-state index in [1.165, 1.54) is 12.1 Å². The number of benzene rings is 1. The van der Waals surface area contributed by atoms with E-state index in [1.807, 2.05) is 17.9 Å². The second-order valence-electron chi connectivity index (χ2n) is 7.55. The van der Waals surface area contributed by atoms with E-state index in [2.05, 4.69) is 5.32 Å². The van der Waals surface area contributed by atoms with E-state index in [0.717, 1.165) is 44.1 Å². The van der Waals surface area contributed by atoms with Crippen LogP contribution in [0.1, 0.15) is 51.0 Å². The van der Waals surface area contributed by atoms with Gasteiger partial charge in [0.25, 0.3) is 0 Å². The van der Waals surface area contributed by atoms with Crippen molar-refractivity contribution in [2.24, 2.45) is 0 Å². The number of nitrogens with zero attached hydrogens (tertiary/aromatic N) is 1. The molecule has 0 aliphatic heterocycles. The van der Waals surface area contributed by atoms with Gasteiger partial charge in [-0.05, 0) is 49.9 Å². The van der Waals surface area contributed by atoms with E-state index in [1.54, 1.807) is 6.07 Å². The molecule has 1 aromatic carbocycles. The summed E-state index contributed by atoms with van der Waals surface area (Å²) in [5, 5.41) is 12.1. The molecule has 2 N–H and O–H groups in total. The first kappa shape index (κ1) is 18.8. The van der Waals surface area contributed by atoms with Crippen LogP contribution in [0.5, 0.6) is 0 Å². The fraction of sp³-hybridized carbons (Fsp3) is 0.600. The molecule has 2 aliphatic rings. The highest BCUT2D eigenvalue weighted by Crippen LogP contribution is 2.42. The third-order valence-electron chi connectivity index (χ3n) is 5.98. The quantitative estimate of drug-likeness (QED) is 0.782. The van der Waals surface area contributed by atoms with Crippen molar-refractivity contribution in [1.29, 1.82) is 0 Å². The number of carbonyl (C=O) groups excluding carboxylic acids is 1. The average Bonchev–Trinajstić information content (AvgIpc) is 3.06. The number of halogens is 1. The Bertz CT molecular complexity index is 667. The molecule has 5 nitrogen and oxygen atoms in total. The van der Waals surface area contributed by atoms with Crippen molar-refractivity contribution in [2.45, 2.75) is 62.9 Å². The Morgan fingerprint density at radius 1 is 1.31 bits per heavy atom. The van der Waals surface area contributed by atoms with Gasteiger partial charge in [-0.3, -0.25) is 14.5 Å². The number of hydrogen-bond donors (Lipinski definition) is 2. The molecule has 0 radical (unpaired) electrons. The number of likely N-dealkylation sites (N-methyl/N-ethyl adjacent to an activating group) is 1. The van der Waals surface area contributed by atoms with Crippen molar-refractivity contribution >= 4 is 11.9 Å². The Hall–Kier alpha value is -1.95. The van der Waals surface area contributed by atoms with Gasteiger partial charge in [0, 0.05) is 12.1 Å². The van der Waals surface area contributed by atoms with Gasteiger partial charge in [0.2, 0.25) is 5.91 Å². The molecule has 2 fully saturated rings. The van der Waals surface area contributed by atoms with E-state index in [0.29, 0.717) is 6.54 Å². The highest BCUT2D eigenvalue weighted by atomic mass is 19.1. The fourth-order valence-electron chi connectivity index (χ4n) is 4.41. The van der Waals surface area contributed by atoms with Crippen molar-refractivity contribution in [3.63, 3.8) is 0 Å². The van der Waals surface area contributed by atoms with Crippen LogP contribution in [-0.4, -0.2) is 47.1 Å². The maximum Gasteiger partial charge on any atom is 0.317 e. The number of nitrogens with one attached hydrogen (secondary N) is 1. The summed E-state index contributed by atoms with van der Waals surface area (Å²) in [5.41, 5.74) is 0.142. The molecule has 1 aromatic rings. The molecular formula is C20H27FN2O3. The maximum absolute atomic E-state index is 13.7. The largest absolute Gasteiger partial charge is 0.480 e. The Balaban J connectivity index is 1.63. The second-order valence-corrected chi connectivity index (χ2v) is 7.55. The first-order valence-electron chi connectivity index (χ1n) is 9.47. The number of carbonyl (C=O) groups is 2. The molecule has 0 saturated heterocycles. The van der Waals surface area contributed by atoms with Gasteiger partial charge in [0.05, 0.1) is 12.0 Å². The van der Waals surface area contributed by atoms with E-state index in [9.17, 15) is 14.0 Å². The minimum absolute atomic E-state index is 0.00895.